The minimum atomic E-state index is -0.272. The average molecular weight is 350 g/mol. The molecule has 6 heteroatoms. The highest BCUT2D eigenvalue weighted by Gasteiger charge is 2.21. The molecule has 130 valence electrons. The lowest BCUT2D eigenvalue weighted by molar-refractivity contribution is -0.122. The molecular formula is C18H23FN2O2S. The first-order valence-corrected chi connectivity index (χ1v) is 9.46. The van der Waals surface area contributed by atoms with Crippen molar-refractivity contribution >= 4 is 27.5 Å². The van der Waals surface area contributed by atoms with Gasteiger partial charge in [0, 0.05) is 19.1 Å². The van der Waals surface area contributed by atoms with Crippen molar-refractivity contribution in [2.24, 2.45) is 10.9 Å². The summed E-state index contributed by atoms with van der Waals surface area (Å²) in [5.74, 6) is -0.265. The molecule has 0 N–H and O–H groups in total. The molecular weight excluding hydrogens is 327 g/mol. The SMILES string of the molecule is CCOCCn1c(=NC(=O)C2CCCCC2)sc2cc(F)ccc21. The summed E-state index contributed by atoms with van der Waals surface area (Å²) in [5, 5.41) is 0. The molecule has 0 spiro atoms. The van der Waals surface area contributed by atoms with Crippen LogP contribution in [0.25, 0.3) is 10.2 Å². The van der Waals surface area contributed by atoms with E-state index in [9.17, 15) is 9.18 Å². The van der Waals surface area contributed by atoms with Crippen molar-refractivity contribution in [1.29, 1.82) is 0 Å². The number of nitrogens with zero attached hydrogens (tertiary/aromatic N) is 2. The van der Waals surface area contributed by atoms with Gasteiger partial charge in [0.05, 0.1) is 16.8 Å². The Hall–Kier alpha value is -1.53. The smallest absolute Gasteiger partial charge is 0.251 e. The van der Waals surface area contributed by atoms with Crippen LogP contribution in [0.4, 0.5) is 4.39 Å². The third-order valence-electron chi connectivity index (χ3n) is 4.47. The van der Waals surface area contributed by atoms with Crippen LogP contribution in [0, 0.1) is 11.7 Å². The molecule has 1 amide bonds. The maximum absolute atomic E-state index is 13.5. The largest absolute Gasteiger partial charge is 0.380 e. The van der Waals surface area contributed by atoms with Crippen LogP contribution in [0.2, 0.25) is 0 Å². The quantitative estimate of drug-likeness (QED) is 0.768. The van der Waals surface area contributed by atoms with Crippen LogP contribution in [-0.4, -0.2) is 23.7 Å². The van der Waals surface area contributed by atoms with Crippen molar-refractivity contribution in [2.75, 3.05) is 13.2 Å². The molecule has 0 bridgehead atoms. The number of carbonyl (C=O) groups is 1. The summed E-state index contributed by atoms with van der Waals surface area (Å²) in [5.41, 5.74) is 0.899. The molecule has 1 aromatic heterocycles. The van der Waals surface area contributed by atoms with Gasteiger partial charge in [-0.25, -0.2) is 4.39 Å². The Morgan fingerprint density at radius 1 is 1.38 bits per heavy atom. The zero-order valence-corrected chi connectivity index (χ0v) is 14.8. The van der Waals surface area contributed by atoms with Gasteiger partial charge in [-0.2, -0.15) is 4.99 Å². The fourth-order valence-electron chi connectivity index (χ4n) is 3.18. The van der Waals surface area contributed by atoms with E-state index in [-0.39, 0.29) is 17.6 Å². The zero-order chi connectivity index (χ0) is 16.9. The van der Waals surface area contributed by atoms with Crippen LogP contribution < -0.4 is 4.80 Å². The van der Waals surface area contributed by atoms with Crippen molar-refractivity contribution in [2.45, 2.75) is 45.6 Å². The number of amides is 1. The molecule has 0 radical (unpaired) electrons. The molecule has 1 heterocycles. The van der Waals surface area contributed by atoms with E-state index >= 15 is 0 Å². The number of ether oxygens (including phenoxy) is 1. The zero-order valence-electron chi connectivity index (χ0n) is 14.0. The molecule has 3 rings (SSSR count). The van der Waals surface area contributed by atoms with Gasteiger partial charge in [-0.3, -0.25) is 4.79 Å². The Morgan fingerprint density at radius 2 is 2.17 bits per heavy atom. The van der Waals surface area contributed by atoms with Crippen molar-refractivity contribution in [3.63, 3.8) is 0 Å². The second kappa shape index (κ2) is 8.03. The molecule has 1 fully saturated rings. The monoisotopic (exact) mass is 350 g/mol. The lowest BCUT2D eigenvalue weighted by atomic mass is 9.89. The number of hydrogen-bond donors (Lipinski definition) is 0. The molecule has 2 aromatic rings. The summed E-state index contributed by atoms with van der Waals surface area (Å²) in [6, 6.07) is 4.69. The Morgan fingerprint density at radius 3 is 2.92 bits per heavy atom. The number of halogens is 1. The van der Waals surface area contributed by atoms with E-state index in [1.165, 1.54) is 29.9 Å². The summed E-state index contributed by atoms with van der Waals surface area (Å²) in [6.07, 6.45) is 5.28. The number of hydrogen-bond acceptors (Lipinski definition) is 3. The van der Waals surface area contributed by atoms with Gasteiger partial charge in [-0.15, -0.1) is 0 Å². The standard InChI is InChI=1S/C18H23FN2O2S/c1-2-23-11-10-21-15-9-8-14(19)12-16(15)24-18(21)20-17(22)13-6-4-3-5-7-13/h8-9,12-13H,2-7,10-11H2,1H3. The van der Waals surface area contributed by atoms with E-state index in [0.29, 0.717) is 24.6 Å². The molecule has 1 aromatic carbocycles. The maximum Gasteiger partial charge on any atom is 0.251 e. The highest BCUT2D eigenvalue weighted by molar-refractivity contribution is 7.16. The van der Waals surface area contributed by atoms with Crippen molar-refractivity contribution < 1.29 is 13.9 Å². The second-order valence-corrected chi connectivity index (χ2v) is 7.14. The Kier molecular flexibility index (Phi) is 5.79. The van der Waals surface area contributed by atoms with Gasteiger partial charge in [0.25, 0.3) is 5.91 Å². The first-order chi connectivity index (χ1) is 11.7. The lowest BCUT2D eigenvalue weighted by Crippen LogP contribution is -2.23. The second-order valence-electron chi connectivity index (χ2n) is 6.13. The first kappa shape index (κ1) is 17.3. The van der Waals surface area contributed by atoms with Gasteiger partial charge >= 0.3 is 0 Å². The summed E-state index contributed by atoms with van der Waals surface area (Å²) < 4.78 is 21.7. The maximum atomic E-state index is 13.5. The third kappa shape index (κ3) is 3.92. The molecule has 0 unspecified atom stereocenters. The minimum absolute atomic E-state index is 0.0353. The number of benzene rings is 1. The number of aromatic nitrogens is 1. The van der Waals surface area contributed by atoms with Gasteiger partial charge in [-0.1, -0.05) is 30.6 Å². The Labute approximate surface area is 145 Å². The number of thiazole rings is 1. The molecule has 4 nitrogen and oxygen atoms in total. The molecule has 1 saturated carbocycles. The Balaban J connectivity index is 1.96. The van der Waals surface area contributed by atoms with Crippen molar-refractivity contribution in [3.8, 4) is 0 Å². The van der Waals surface area contributed by atoms with Gasteiger partial charge in [0.15, 0.2) is 4.80 Å². The summed E-state index contributed by atoms with van der Waals surface area (Å²) >= 11 is 1.37. The van der Waals surface area contributed by atoms with Crippen LogP contribution in [0.15, 0.2) is 23.2 Å². The van der Waals surface area contributed by atoms with E-state index in [1.807, 2.05) is 11.5 Å². The summed E-state index contributed by atoms with van der Waals surface area (Å²) in [6.45, 7) is 3.75. The molecule has 0 saturated heterocycles. The number of fused-ring (bicyclic) bond motifs is 1. The normalized spacial score (nSPS) is 16.8. The molecule has 0 aliphatic heterocycles. The highest BCUT2D eigenvalue weighted by Crippen LogP contribution is 2.25. The molecule has 1 aliphatic carbocycles. The van der Waals surface area contributed by atoms with E-state index in [4.69, 9.17) is 4.74 Å². The van der Waals surface area contributed by atoms with Crippen LogP contribution in [0.3, 0.4) is 0 Å². The topological polar surface area (TPSA) is 43.6 Å². The molecule has 0 atom stereocenters. The van der Waals surface area contributed by atoms with Crippen LogP contribution in [-0.2, 0) is 16.1 Å². The predicted octanol–water partition coefficient (Wildman–Crippen LogP) is 3.89. The predicted molar refractivity (Wildman–Crippen MR) is 93.4 cm³/mol. The highest BCUT2D eigenvalue weighted by atomic mass is 32.1. The summed E-state index contributed by atoms with van der Waals surface area (Å²) in [4.78, 5) is 17.6. The van der Waals surface area contributed by atoms with E-state index in [2.05, 4.69) is 4.99 Å². The Bertz CT molecular complexity index is 775. The van der Waals surface area contributed by atoms with Gasteiger partial charge < -0.3 is 9.30 Å². The van der Waals surface area contributed by atoms with E-state index in [0.717, 1.165) is 35.9 Å². The van der Waals surface area contributed by atoms with Gasteiger partial charge in [-0.05, 0) is 38.0 Å². The fraction of sp³-hybridized carbons (Fsp3) is 0.556. The molecule has 24 heavy (non-hydrogen) atoms. The number of rotatable bonds is 5. The minimum Gasteiger partial charge on any atom is -0.380 e. The number of carbonyl (C=O) groups excluding carboxylic acids is 1. The van der Waals surface area contributed by atoms with Crippen LogP contribution in [0.5, 0.6) is 0 Å². The third-order valence-corrected chi connectivity index (χ3v) is 5.51. The summed E-state index contributed by atoms with van der Waals surface area (Å²) in [7, 11) is 0. The van der Waals surface area contributed by atoms with E-state index in [1.54, 1.807) is 6.07 Å². The first-order valence-electron chi connectivity index (χ1n) is 8.64. The van der Waals surface area contributed by atoms with Gasteiger partial charge in [0.2, 0.25) is 0 Å². The molecule has 1 aliphatic rings. The van der Waals surface area contributed by atoms with Gasteiger partial charge in [0.1, 0.15) is 5.82 Å². The fourth-order valence-corrected chi connectivity index (χ4v) is 4.27. The van der Waals surface area contributed by atoms with E-state index < -0.39 is 0 Å². The lowest BCUT2D eigenvalue weighted by Gasteiger charge is -2.17. The van der Waals surface area contributed by atoms with Crippen LogP contribution in [0.1, 0.15) is 39.0 Å². The van der Waals surface area contributed by atoms with Crippen molar-refractivity contribution in [3.05, 3.63) is 28.8 Å². The van der Waals surface area contributed by atoms with Crippen molar-refractivity contribution in [1.82, 2.24) is 4.57 Å². The van der Waals surface area contributed by atoms with Crippen LogP contribution >= 0.6 is 11.3 Å². The average Bonchev–Trinajstić information content (AvgIpc) is 2.92.